The van der Waals surface area contributed by atoms with Gasteiger partial charge in [-0.05, 0) is 39.2 Å². The first-order valence-electron chi connectivity index (χ1n) is 8.57. The summed E-state index contributed by atoms with van der Waals surface area (Å²) in [6.45, 7) is 5.60. The monoisotopic (exact) mass is 345 g/mol. The maximum atomic E-state index is 12.9. The van der Waals surface area contributed by atoms with Gasteiger partial charge >= 0.3 is 0 Å². The summed E-state index contributed by atoms with van der Waals surface area (Å²) in [5, 5.41) is 14.0. The molecule has 2 fully saturated rings. The van der Waals surface area contributed by atoms with Crippen LogP contribution in [0.1, 0.15) is 51.6 Å². The van der Waals surface area contributed by atoms with Gasteiger partial charge in [0, 0.05) is 23.7 Å². The fourth-order valence-electron chi connectivity index (χ4n) is 3.84. The lowest BCUT2D eigenvalue weighted by Gasteiger charge is -2.48. The van der Waals surface area contributed by atoms with E-state index in [2.05, 4.69) is 5.32 Å². The van der Waals surface area contributed by atoms with Crippen molar-refractivity contribution in [3.8, 4) is 0 Å². The second-order valence-electron chi connectivity index (χ2n) is 7.84. The number of carbonyl (C=O) groups excluding carboxylic acids is 2. The van der Waals surface area contributed by atoms with Crippen LogP contribution in [-0.4, -0.2) is 33.2 Å². The summed E-state index contributed by atoms with van der Waals surface area (Å²) in [4.78, 5) is 37.7. The fourth-order valence-corrected chi connectivity index (χ4v) is 3.84. The van der Waals surface area contributed by atoms with Gasteiger partial charge in [0.2, 0.25) is 11.8 Å². The average Bonchev–Trinajstić information content (AvgIpc) is 2.95. The van der Waals surface area contributed by atoms with Crippen LogP contribution in [0, 0.1) is 16.0 Å². The van der Waals surface area contributed by atoms with Crippen LogP contribution in [0.3, 0.4) is 0 Å². The molecular weight excluding hydrogens is 322 g/mol. The van der Waals surface area contributed by atoms with Gasteiger partial charge in [-0.15, -0.1) is 0 Å². The van der Waals surface area contributed by atoms with Gasteiger partial charge in [-0.1, -0.05) is 18.6 Å². The predicted octanol–water partition coefficient (Wildman–Crippen LogP) is 2.56. The molecule has 1 aromatic carbocycles. The van der Waals surface area contributed by atoms with E-state index in [9.17, 15) is 19.7 Å². The minimum absolute atomic E-state index is 0.00337. The van der Waals surface area contributed by atoms with E-state index in [4.69, 9.17) is 0 Å². The van der Waals surface area contributed by atoms with Gasteiger partial charge in [-0.25, -0.2) is 0 Å². The molecule has 0 radical (unpaired) electrons. The number of nitro benzene ring substituents is 1. The summed E-state index contributed by atoms with van der Waals surface area (Å²) < 4.78 is 0. The third-order valence-corrected chi connectivity index (χ3v) is 4.83. The molecule has 1 aromatic rings. The molecular formula is C18H23N3O4. The van der Waals surface area contributed by atoms with Gasteiger partial charge in [0.1, 0.15) is 6.04 Å². The number of hydrogen-bond donors (Lipinski definition) is 1. The zero-order valence-corrected chi connectivity index (χ0v) is 14.7. The average molecular weight is 345 g/mol. The lowest BCUT2D eigenvalue weighted by molar-refractivity contribution is -0.384. The minimum atomic E-state index is -0.828. The molecule has 0 bridgehead atoms. The van der Waals surface area contributed by atoms with Crippen LogP contribution in [0.2, 0.25) is 0 Å². The molecule has 1 heterocycles. The Morgan fingerprint density at radius 2 is 2.08 bits per heavy atom. The number of non-ortho nitro benzene ring substituents is 1. The van der Waals surface area contributed by atoms with Crippen molar-refractivity contribution >= 4 is 17.5 Å². The SMILES string of the molecule is CC(C)(C)NC(=O)C(c1cccc([N+](=O)[O-])c1)N1C(=O)[C@@H]2CCC[C@@H]21. The lowest BCUT2D eigenvalue weighted by atomic mass is 9.86. The predicted molar refractivity (Wildman–Crippen MR) is 91.7 cm³/mol. The first-order valence-corrected chi connectivity index (χ1v) is 8.57. The molecule has 2 aliphatic rings. The second kappa shape index (κ2) is 6.13. The molecule has 1 saturated carbocycles. The molecule has 1 N–H and O–H groups in total. The van der Waals surface area contributed by atoms with E-state index >= 15 is 0 Å². The van der Waals surface area contributed by atoms with Gasteiger partial charge in [-0.2, -0.15) is 0 Å². The largest absolute Gasteiger partial charge is 0.349 e. The fraction of sp³-hybridized carbons (Fsp3) is 0.556. The normalized spacial score (nSPS) is 23.6. The molecule has 0 aromatic heterocycles. The van der Waals surface area contributed by atoms with E-state index in [0.717, 1.165) is 19.3 Å². The molecule has 134 valence electrons. The van der Waals surface area contributed by atoms with Gasteiger partial charge in [0.15, 0.2) is 0 Å². The number of amides is 2. The molecule has 7 nitrogen and oxygen atoms in total. The molecule has 0 spiro atoms. The number of fused-ring (bicyclic) bond motifs is 1. The quantitative estimate of drug-likeness (QED) is 0.516. The van der Waals surface area contributed by atoms with Crippen LogP contribution < -0.4 is 5.32 Å². The smallest absolute Gasteiger partial charge is 0.269 e. The van der Waals surface area contributed by atoms with E-state index < -0.39 is 16.5 Å². The highest BCUT2D eigenvalue weighted by Gasteiger charge is 2.54. The second-order valence-corrected chi connectivity index (χ2v) is 7.84. The van der Waals surface area contributed by atoms with Crippen molar-refractivity contribution in [1.29, 1.82) is 0 Å². The molecule has 7 heteroatoms. The van der Waals surface area contributed by atoms with Gasteiger partial charge in [-0.3, -0.25) is 19.7 Å². The molecule has 1 unspecified atom stereocenters. The van der Waals surface area contributed by atoms with Crippen molar-refractivity contribution in [1.82, 2.24) is 10.2 Å². The Hall–Kier alpha value is -2.44. The topological polar surface area (TPSA) is 92.5 Å². The summed E-state index contributed by atoms with van der Waals surface area (Å²) in [6, 6.07) is 5.24. The molecule has 2 amide bonds. The number of benzene rings is 1. The Labute approximate surface area is 146 Å². The van der Waals surface area contributed by atoms with Crippen LogP contribution >= 0.6 is 0 Å². The Morgan fingerprint density at radius 3 is 2.72 bits per heavy atom. The van der Waals surface area contributed by atoms with Gasteiger partial charge < -0.3 is 10.2 Å². The number of rotatable bonds is 4. The zero-order valence-electron chi connectivity index (χ0n) is 14.7. The highest BCUT2D eigenvalue weighted by molar-refractivity contribution is 5.94. The van der Waals surface area contributed by atoms with E-state index in [1.807, 2.05) is 20.8 Å². The Kier molecular flexibility index (Phi) is 4.26. The third-order valence-electron chi connectivity index (χ3n) is 4.83. The van der Waals surface area contributed by atoms with Gasteiger partial charge in [0.05, 0.1) is 10.8 Å². The molecule has 3 atom stereocenters. The summed E-state index contributed by atoms with van der Waals surface area (Å²) in [7, 11) is 0. The summed E-state index contributed by atoms with van der Waals surface area (Å²) in [5.74, 6) is -0.321. The summed E-state index contributed by atoms with van der Waals surface area (Å²) >= 11 is 0. The lowest BCUT2D eigenvalue weighted by Crippen LogP contribution is -2.62. The van der Waals surface area contributed by atoms with Crippen molar-refractivity contribution in [3.63, 3.8) is 0 Å². The number of nitrogens with one attached hydrogen (secondary N) is 1. The number of β-lactam (4-membered cyclic amide) rings is 1. The van der Waals surface area contributed by atoms with Crippen molar-refractivity contribution in [2.45, 2.75) is 57.7 Å². The molecule has 1 saturated heterocycles. The van der Waals surface area contributed by atoms with E-state index in [-0.39, 0.29) is 29.5 Å². The standard InChI is InChI=1S/C18H23N3O4/c1-18(2,3)19-16(22)15(11-6-4-7-12(10-11)21(24)25)20-14-9-5-8-13(14)17(20)23/h4,6-7,10,13-15H,5,8-9H2,1-3H3,(H,19,22)/t13-,14+,15?/m1/s1. The van der Waals surface area contributed by atoms with E-state index in [1.54, 1.807) is 17.0 Å². The first-order chi connectivity index (χ1) is 11.7. The number of nitro groups is 1. The van der Waals surface area contributed by atoms with Crippen molar-refractivity contribution in [2.75, 3.05) is 0 Å². The van der Waals surface area contributed by atoms with Crippen LogP contribution in [0.15, 0.2) is 24.3 Å². The zero-order chi connectivity index (χ0) is 18.4. The highest BCUT2D eigenvalue weighted by atomic mass is 16.6. The Balaban J connectivity index is 1.97. The van der Waals surface area contributed by atoms with Crippen LogP contribution in [0.5, 0.6) is 0 Å². The number of hydrogen-bond acceptors (Lipinski definition) is 4. The summed E-state index contributed by atoms with van der Waals surface area (Å²) in [6.07, 6.45) is 2.72. The van der Waals surface area contributed by atoms with Crippen molar-refractivity contribution in [2.24, 2.45) is 5.92 Å². The molecule has 1 aliphatic heterocycles. The third kappa shape index (κ3) is 3.23. The molecule has 3 rings (SSSR count). The number of nitrogens with zero attached hydrogens (tertiary/aromatic N) is 2. The maximum absolute atomic E-state index is 12.9. The van der Waals surface area contributed by atoms with Crippen LogP contribution in [0.25, 0.3) is 0 Å². The summed E-state index contributed by atoms with van der Waals surface area (Å²) in [5.41, 5.74) is -0.0596. The first kappa shape index (κ1) is 17.4. The van der Waals surface area contributed by atoms with Gasteiger partial charge in [0.25, 0.3) is 5.69 Å². The van der Waals surface area contributed by atoms with E-state index in [0.29, 0.717) is 5.56 Å². The Bertz CT molecular complexity index is 725. The van der Waals surface area contributed by atoms with Crippen LogP contribution in [-0.2, 0) is 9.59 Å². The van der Waals surface area contributed by atoms with Crippen molar-refractivity contribution in [3.05, 3.63) is 39.9 Å². The van der Waals surface area contributed by atoms with E-state index in [1.165, 1.54) is 12.1 Å². The Morgan fingerprint density at radius 1 is 1.36 bits per heavy atom. The van der Waals surface area contributed by atoms with Crippen LogP contribution in [0.4, 0.5) is 5.69 Å². The highest BCUT2D eigenvalue weighted by Crippen LogP contribution is 2.45. The molecule has 1 aliphatic carbocycles. The van der Waals surface area contributed by atoms with Crippen molar-refractivity contribution < 1.29 is 14.5 Å². The molecule has 25 heavy (non-hydrogen) atoms. The number of likely N-dealkylation sites (tertiary alicyclic amines) is 1. The maximum Gasteiger partial charge on any atom is 0.269 e. The number of carbonyl (C=O) groups is 2. The minimum Gasteiger partial charge on any atom is -0.349 e.